The van der Waals surface area contributed by atoms with Crippen LogP contribution < -0.4 is 5.73 Å². The summed E-state index contributed by atoms with van der Waals surface area (Å²) in [6.07, 6.45) is 2.77. The molecule has 0 aliphatic carbocycles. The molecule has 4 heteroatoms. The molecule has 0 spiro atoms. The van der Waals surface area contributed by atoms with Crippen molar-refractivity contribution in [3.63, 3.8) is 0 Å². The topological polar surface area (TPSA) is 72.5 Å². The molecule has 1 rings (SSSR count). The lowest BCUT2D eigenvalue weighted by atomic mass is 9.90. The van der Waals surface area contributed by atoms with E-state index in [0.717, 1.165) is 19.4 Å². The van der Waals surface area contributed by atoms with E-state index in [1.54, 1.807) is 0 Å². The molecule has 0 aromatic rings. The SMILES string of the molecule is NCC(CC1CCCOC1)C(=O)O. The van der Waals surface area contributed by atoms with Gasteiger partial charge in [0.05, 0.1) is 5.92 Å². The van der Waals surface area contributed by atoms with Crippen LogP contribution in [0, 0.1) is 11.8 Å². The summed E-state index contributed by atoms with van der Waals surface area (Å²) in [4.78, 5) is 10.7. The second-order valence-electron chi connectivity index (χ2n) is 3.59. The van der Waals surface area contributed by atoms with Crippen molar-refractivity contribution in [1.29, 1.82) is 0 Å². The number of aliphatic carboxylic acids is 1. The average molecular weight is 187 g/mol. The van der Waals surface area contributed by atoms with Crippen LogP contribution >= 0.6 is 0 Å². The van der Waals surface area contributed by atoms with Gasteiger partial charge >= 0.3 is 5.97 Å². The highest BCUT2D eigenvalue weighted by Crippen LogP contribution is 2.21. The van der Waals surface area contributed by atoms with Crippen LogP contribution in [0.4, 0.5) is 0 Å². The molecule has 1 aliphatic rings. The van der Waals surface area contributed by atoms with Gasteiger partial charge in [-0.2, -0.15) is 0 Å². The van der Waals surface area contributed by atoms with Crippen LogP contribution in [0.1, 0.15) is 19.3 Å². The Morgan fingerprint density at radius 3 is 2.92 bits per heavy atom. The van der Waals surface area contributed by atoms with Gasteiger partial charge in [0.25, 0.3) is 0 Å². The minimum atomic E-state index is -0.784. The average Bonchev–Trinajstić information content (AvgIpc) is 2.15. The summed E-state index contributed by atoms with van der Waals surface area (Å²) in [5.74, 6) is -0.793. The van der Waals surface area contributed by atoms with Gasteiger partial charge in [-0.05, 0) is 25.2 Å². The van der Waals surface area contributed by atoms with Gasteiger partial charge in [-0.25, -0.2) is 0 Å². The van der Waals surface area contributed by atoms with Crippen molar-refractivity contribution in [2.45, 2.75) is 19.3 Å². The van der Waals surface area contributed by atoms with Gasteiger partial charge in [0.2, 0.25) is 0 Å². The Morgan fingerprint density at radius 2 is 2.46 bits per heavy atom. The van der Waals surface area contributed by atoms with Gasteiger partial charge in [-0.1, -0.05) is 0 Å². The van der Waals surface area contributed by atoms with Crippen molar-refractivity contribution in [3.05, 3.63) is 0 Å². The number of carboxylic acids is 1. The van der Waals surface area contributed by atoms with Gasteiger partial charge in [0, 0.05) is 19.8 Å². The fourth-order valence-corrected chi connectivity index (χ4v) is 1.69. The second kappa shape index (κ2) is 5.19. The lowest BCUT2D eigenvalue weighted by Gasteiger charge is -2.24. The van der Waals surface area contributed by atoms with Gasteiger partial charge in [-0.15, -0.1) is 0 Å². The normalized spacial score (nSPS) is 25.5. The largest absolute Gasteiger partial charge is 0.481 e. The van der Waals surface area contributed by atoms with E-state index >= 15 is 0 Å². The summed E-state index contributed by atoms with van der Waals surface area (Å²) in [5, 5.41) is 8.78. The minimum Gasteiger partial charge on any atom is -0.481 e. The van der Waals surface area contributed by atoms with Crippen molar-refractivity contribution in [1.82, 2.24) is 0 Å². The van der Waals surface area contributed by atoms with Crippen molar-refractivity contribution >= 4 is 5.97 Å². The Bertz CT molecular complexity index is 166. The van der Waals surface area contributed by atoms with Gasteiger partial charge in [0.1, 0.15) is 0 Å². The third-order valence-corrected chi connectivity index (χ3v) is 2.51. The predicted molar refractivity (Wildman–Crippen MR) is 48.3 cm³/mol. The highest BCUT2D eigenvalue weighted by atomic mass is 16.5. The van der Waals surface area contributed by atoms with Crippen LogP contribution in [0.15, 0.2) is 0 Å². The molecule has 0 aromatic carbocycles. The quantitative estimate of drug-likeness (QED) is 0.670. The molecule has 1 heterocycles. The zero-order valence-electron chi connectivity index (χ0n) is 7.74. The molecule has 0 saturated carbocycles. The first kappa shape index (κ1) is 10.5. The molecule has 13 heavy (non-hydrogen) atoms. The van der Waals surface area contributed by atoms with Crippen molar-refractivity contribution < 1.29 is 14.6 Å². The maximum absolute atomic E-state index is 10.7. The Labute approximate surface area is 78.1 Å². The third kappa shape index (κ3) is 3.32. The lowest BCUT2D eigenvalue weighted by molar-refractivity contribution is -0.142. The molecule has 0 aromatic heterocycles. The van der Waals surface area contributed by atoms with Crippen LogP contribution in [-0.2, 0) is 9.53 Å². The standard InChI is InChI=1S/C9H17NO3/c10-5-8(9(11)12)4-7-2-1-3-13-6-7/h7-8H,1-6,10H2,(H,11,12). The molecule has 1 aliphatic heterocycles. The second-order valence-corrected chi connectivity index (χ2v) is 3.59. The highest BCUT2D eigenvalue weighted by Gasteiger charge is 2.22. The molecule has 1 fully saturated rings. The van der Waals surface area contributed by atoms with E-state index in [0.29, 0.717) is 18.9 Å². The molecular weight excluding hydrogens is 170 g/mol. The van der Waals surface area contributed by atoms with E-state index < -0.39 is 11.9 Å². The monoisotopic (exact) mass is 187 g/mol. The van der Waals surface area contributed by atoms with E-state index in [2.05, 4.69) is 0 Å². The summed E-state index contributed by atoms with van der Waals surface area (Å²) >= 11 is 0. The van der Waals surface area contributed by atoms with Crippen LogP contribution in [0.5, 0.6) is 0 Å². The van der Waals surface area contributed by atoms with E-state index in [-0.39, 0.29) is 6.54 Å². The number of nitrogens with two attached hydrogens (primary N) is 1. The number of hydrogen-bond donors (Lipinski definition) is 2. The Hall–Kier alpha value is -0.610. The fraction of sp³-hybridized carbons (Fsp3) is 0.889. The summed E-state index contributed by atoms with van der Waals surface area (Å²) in [5.41, 5.74) is 5.37. The van der Waals surface area contributed by atoms with Crippen LogP contribution in [0.3, 0.4) is 0 Å². The van der Waals surface area contributed by atoms with Gasteiger partial charge in [0.15, 0.2) is 0 Å². The smallest absolute Gasteiger partial charge is 0.307 e. The fourth-order valence-electron chi connectivity index (χ4n) is 1.69. The first-order valence-electron chi connectivity index (χ1n) is 4.74. The summed E-state index contributed by atoms with van der Waals surface area (Å²) in [6, 6.07) is 0. The minimum absolute atomic E-state index is 0.228. The number of carbonyl (C=O) groups is 1. The molecule has 3 N–H and O–H groups in total. The van der Waals surface area contributed by atoms with E-state index in [4.69, 9.17) is 15.6 Å². The zero-order chi connectivity index (χ0) is 9.68. The number of hydrogen-bond acceptors (Lipinski definition) is 3. The zero-order valence-corrected chi connectivity index (χ0v) is 7.74. The van der Waals surface area contributed by atoms with Crippen LogP contribution in [0.2, 0.25) is 0 Å². The summed E-state index contributed by atoms with van der Waals surface area (Å²) in [7, 11) is 0. The van der Waals surface area contributed by atoms with Crippen molar-refractivity contribution in [3.8, 4) is 0 Å². The third-order valence-electron chi connectivity index (χ3n) is 2.51. The Balaban J connectivity index is 2.31. The van der Waals surface area contributed by atoms with E-state index in [1.165, 1.54) is 0 Å². The number of carboxylic acid groups (broad SMARTS) is 1. The number of rotatable bonds is 4. The molecule has 76 valence electrons. The Morgan fingerprint density at radius 1 is 1.69 bits per heavy atom. The molecule has 2 unspecified atom stereocenters. The van der Waals surface area contributed by atoms with Crippen LogP contribution in [0.25, 0.3) is 0 Å². The molecule has 0 radical (unpaired) electrons. The van der Waals surface area contributed by atoms with E-state index in [1.807, 2.05) is 0 Å². The maximum atomic E-state index is 10.7. The first-order chi connectivity index (χ1) is 6.24. The molecule has 1 saturated heterocycles. The maximum Gasteiger partial charge on any atom is 0.307 e. The van der Waals surface area contributed by atoms with Gasteiger partial charge in [-0.3, -0.25) is 4.79 Å². The van der Waals surface area contributed by atoms with E-state index in [9.17, 15) is 4.79 Å². The highest BCUT2D eigenvalue weighted by molar-refractivity contribution is 5.70. The number of ether oxygens (including phenoxy) is 1. The Kier molecular flexibility index (Phi) is 4.18. The van der Waals surface area contributed by atoms with Crippen molar-refractivity contribution in [2.75, 3.05) is 19.8 Å². The molecule has 4 nitrogen and oxygen atoms in total. The first-order valence-corrected chi connectivity index (χ1v) is 4.74. The lowest BCUT2D eigenvalue weighted by Crippen LogP contribution is -2.28. The summed E-state index contributed by atoms with van der Waals surface area (Å²) < 4.78 is 5.27. The van der Waals surface area contributed by atoms with Gasteiger partial charge < -0.3 is 15.6 Å². The molecule has 0 bridgehead atoms. The molecular formula is C9H17NO3. The van der Waals surface area contributed by atoms with Crippen molar-refractivity contribution in [2.24, 2.45) is 17.6 Å². The molecule has 2 atom stereocenters. The predicted octanol–water partition coefficient (Wildman–Crippen LogP) is 0.463. The molecule has 0 amide bonds. The van der Waals surface area contributed by atoms with Crippen LogP contribution in [-0.4, -0.2) is 30.8 Å². The summed E-state index contributed by atoms with van der Waals surface area (Å²) in [6.45, 7) is 1.74.